The van der Waals surface area contributed by atoms with E-state index in [-0.39, 0.29) is 10.7 Å². The van der Waals surface area contributed by atoms with Crippen LogP contribution in [0.2, 0.25) is 0 Å². The number of alkyl halides is 1. The minimum Gasteiger partial charge on any atom is -0.352 e. The Hall–Kier alpha value is -0.0500. The van der Waals surface area contributed by atoms with Crippen molar-refractivity contribution in [2.75, 3.05) is 0 Å². The van der Waals surface area contributed by atoms with Crippen LogP contribution in [0.1, 0.15) is 52.4 Å². The van der Waals surface area contributed by atoms with Crippen LogP contribution in [-0.2, 0) is 4.79 Å². The van der Waals surface area contributed by atoms with Crippen molar-refractivity contribution in [1.29, 1.82) is 0 Å². The molecular formula is C12H22BrNO. The first-order valence-corrected chi connectivity index (χ1v) is 6.97. The summed E-state index contributed by atoms with van der Waals surface area (Å²) in [5, 5.41) is 3.15. The molecule has 0 spiro atoms. The van der Waals surface area contributed by atoms with Crippen molar-refractivity contribution in [3.63, 3.8) is 0 Å². The fourth-order valence-electron chi connectivity index (χ4n) is 2.01. The van der Waals surface area contributed by atoms with Crippen molar-refractivity contribution < 1.29 is 4.79 Å². The van der Waals surface area contributed by atoms with Gasteiger partial charge in [0.25, 0.3) is 0 Å². The van der Waals surface area contributed by atoms with E-state index in [1.807, 2.05) is 0 Å². The Bertz CT molecular complexity index is 198. The lowest BCUT2D eigenvalue weighted by atomic mass is 10.1. The summed E-state index contributed by atoms with van der Waals surface area (Å²) < 4.78 is 0. The molecule has 1 amide bonds. The van der Waals surface area contributed by atoms with Crippen LogP contribution in [0.4, 0.5) is 0 Å². The SMILES string of the molecule is CC(C)[C@H](Br)C(=O)NC1CCCCCC1. The number of hydrogen-bond acceptors (Lipinski definition) is 1. The maximum atomic E-state index is 11.8. The second kappa shape index (κ2) is 6.51. The highest BCUT2D eigenvalue weighted by Crippen LogP contribution is 2.18. The van der Waals surface area contributed by atoms with Gasteiger partial charge < -0.3 is 5.32 Å². The molecule has 1 aliphatic carbocycles. The van der Waals surface area contributed by atoms with Gasteiger partial charge in [0.05, 0.1) is 4.83 Å². The first-order valence-electron chi connectivity index (χ1n) is 6.05. The van der Waals surface area contributed by atoms with E-state index < -0.39 is 0 Å². The number of rotatable bonds is 3. The normalized spacial score (nSPS) is 21.1. The maximum absolute atomic E-state index is 11.8. The molecule has 1 fully saturated rings. The van der Waals surface area contributed by atoms with Gasteiger partial charge in [-0.2, -0.15) is 0 Å². The molecule has 0 unspecified atom stereocenters. The predicted octanol–water partition coefficient (Wildman–Crippen LogP) is 3.24. The van der Waals surface area contributed by atoms with Gasteiger partial charge >= 0.3 is 0 Å². The zero-order chi connectivity index (χ0) is 11.3. The van der Waals surface area contributed by atoms with Crippen molar-refractivity contribution in [2.45, 2.75) is 63.2 Å². The molecule has 88 valence electrons. The molecule has 0 aromatic heterocycles. The largest absolute Gasteiger partial charge is 0.352 e. The average molecular weight is 276 g/mol. The molecule has 0 aromatic rings. The Morgan fingerprint density at radius 1 is 1.20 bits per heavy atom. The summed E-state index contributed by atoms with van der Waals surface area (Å²) in [4.78, 5) is 11.8. The first kappa shape index (κ1) is 13.0. The monoisotopic (exact) mass is 275 g/mol. The molecule has 15 heavy (non-hydrogen) atoms. The van der Waals surface area contributed by atoms with Gasteiger partial charge in [0, 0.05) is 6.04 Å². The Balaban J connectivity index is 2.35. The third-order valence-corrected chi connectivity index (χ3v) is 4.51. The zero-order valence-electron chi connectivity index (χ0n) is 9.76. The van der Waals surface area contributed by atoms with E-state index in [1.54, 1.807) is 0 Å². The summed E-state index contributed by atoms with van der Waals surface area (Å²) in [5.74, 6) is 0.521. The number of nitrogens with one attached hydrogen (secondary N) is 1. The Morgan fingerprint density at radius 2 is 1.73 bits per heavy atom. The number of carbonyl (C=O) groups is 1. The van der Waals surface area contributed by atoms with E-state index in [4.69, 9.17) is 0 Å². The molecule has 1 N–H and O–H groups in total. The molecule has 3 heteroatoms. The van der Waals surface area contributed by atoms with Crippen molar-refractivity contribution in [3.05, 3.63) is 0 Å². The third kappa shape index (κ3) is 4.54. The number of halogens is 1. The molecule has 1 atom stereocenters. The summed E-state index contributed by atoms with van der Waals surface area (Å²) >= 11 is 3.44. The van der Waals surface area contributed by atoms with E-state index in [0.29, 0.717) is 12.0 Å². The quantitative estimate of drug-likeness (QED) is 0.622. The van der Waals surface area contributed by atoms with Gasteiger partial charge in [-0.25, -0.2) is 0 Å². The number of carbonyl (C=O) groups excluding carboxylic acids is 1. The van der Waals surface area contributed by atoms with Gasteiger partial charge in [0.1, 0.15) is 0 Å². The lowest BCUT2D eigenvalue weighted by Crippen LogP contribution is -2.40. The van der Waals surface area contributed by atoms with E-state index >= 15 is 0 Å². The van der Waals surface area contributed by atoms with Crippen molar-refractivity contribution >= 4 is 21.8 Å². The Labute approximate surface area is 101 Å². The van der Waals surface area contributed by atoms with Gasteiger partial charge in [0.15, 0.2) is 0 Å². The standard InChI is InChI=1S/C12H22BrNO/c1-9(2)11(13)12(15)14-10-7-5-3-4-6-8-10/h9-11H,3-8H2,1-2H3,(H,14,15)/t11-/m0/s1. The molecule has 0 bridgehead atoms. The summed E-state index contributed by atoms with van der Waals surface area (Å²) in [6.07, 6.45) is 7.49. The summed E-state index contributed by atoms with van der Waals surface area (Å²) in [6.45, 7) is 4.12. The molecule has 0 aromatic carbocycles. The molecule has 1 saturated carbocycles. The molecular weight excluding hydrogens is 254 g/mol. The van der Waals surface area contributed by atoms with E-state index in [9.17, 15) is 4.79 Å². The summed E-state index contributed by atoms with van der Waals surface area (Å²) in [6, 6.07) is 0.416. The number of hydrogen-bond donors (Lipinski definition) is 1. The van der Waals surface area contributed by atoms with Crippen molar-refractivity contribution in [3.8, 4) is 0 Å². The fraction of sp³-hybridized carbons (Fsp3) is 0.917. The Kier molecular flexibility index (Phi) is 5.65. The van der Waals surface area contributed by atoms with Gasteiger partial charge in [-0.3, -0.25) is 4.79 Å². The van der Waals surface area contributed by atoms with Crippen molar-refractivity contribution in [1.82, 2.24) is 5.32 Å². The molecule has 0 heterocycles. The summed E-state index contributed by atoms with van der Waals surface area (Å²) in [5.41, 5.74) is 0. The average Bonchev–Trinajstić information content (AvgIpc) is 2.45. The fourth-order valence-corrected chi connectivity index (χ4v) is 2.14. The summed E-state index contributed by atoms with van der Waals surface area (Å²) in [7, 11) is 0. The van der Waals surface area contributed by atoms with E-state index in [1.165, 1.54) is 25.7 Å². The van der Waals surface area contributed by atoms with Crippen LogP contribution < -0.4 is 5.32 Å². The van der Waals surface area contributed by atoms with Crippen LogP contribution in [0.15, 0.2) is 0 Å². The first-order chi connectivity index (χ1) is 7.11. The van der Waals surface area contributed by atoms with Crippen LogP contribution in [0, 0.1) is 5.92 Å². The van der Waals surface area contributed by atoms with E-state index in [2.05, 4.69) is 35.1 Å². The predicted molar refractivity (Wildman–Crippen MR) is 67.2 cm³/mol. The Morgan fingerprint density at radius 3 is 2.20 bits per heavy atom. The van der Waals surface area contributed by atoms with Gasteiger partial charge in [-0.1, -0.05) is 55.5 Å². The second-order valence-electron chi connectivity index (χ2n) is 4.84. The highest BCUT2D eigenvalue weighted by atomic mass is 79.9. The molecule has 1 rings (SSSR count). The van der Waals surface area contributed by atoms with Crippen LogP contribution in [-0.4, -0.2) is 16.8 Å². The maximum Gasteiger partial charge on any atom is 0.234 e. The third-order valence-electron chi connectivity index (χ3n) is 3.04. The topological polar surface area (TPSA) is 29.1 Å². The van der Waals surface area contributed by atoms with Crippen molar-refractivity contribution in [2.24, 2.45) is 5.92 Å². The molecule has 1 aliphatic rings. The molecule has 0 saturated heterocycles. The molecule has 0 radical (unpaired) electrons. The van der Waals surface area contributed by atoms with Gasteiger partial charge in [-0.15, -0.1) is 0 Å². The lowest BCUT2D eigenvalue weighted by molar-refractivity contribution is -0.121. The number of amides is 1. The van der Waals surface area contributed by atoms with Crippen LogP contribution in [0.5, 0.6) is 0 Å². The smallest absolute Gasteiger partial charge is 0.234 e. The molecule has 0 aliphatic heterocycles. The zero-order valence-corrected chi connectivity index (χ0v) is 11.3. The van der Waals surface area contributed by atoms with Crippen LogP contribution in [0.25, 0.3) is 0 Å². The minimum atomic E-state index is -0.0410. The van der Waals surface area contributed by atoms with Crippen LogP contribution in [0.3, 0.4) is 0 Å². The van der Waals surface area contributed by atoms with E-state index in [0.717, 1.165) is 12.8 Å². The highest BCUT2D eigenvalue weighted by Gasteiger charge is 2.21. The minimum absolute atomic E-state index is 0.0410. The molecule has 2 nitrogen and oxygen atoms in total. The second-order valence-corrected chi connectivity index (χ2v) is 5.83. The lowest BCUT2D eigenvalue weighted by Gasteiger charge is -2.20. The van der Waals surface area contributed by atoms with Gasteiger partial charge in [-0.05, 0) is 18.8 Å². The highest BCUT2D eigenvalue weighted by molar-refractivity contribution is 9.10. The van der Waals surface area contributed by atoms with Gasteiger partial charge in [0.2, 0.25) is 5.91 Å². The van der Waals surface area contributed by atoms with Crippen LogP contribution >= 0.6 is 15.9 Å².